The van der Waals surface area contributed by atoms with Crippen LogP contribution in [0.1, 0.15) is 0 Å². The summed E-state index contributed by atoms with van der Waals surface area (Å²) in [5, 5.41) is 4.78. The molecule has 3 heterocycles. The first-order valence-electron chi connectivity index (χ1n) is 16.3. The predicted molar refractivity (Wildman–Crippen MR) is 199 cm³/mol. The minimum absolute atomic E-state index is 0.818. The van der Waals surface area contributed by atoms with Crippen LogP contribution in [0.25, 0.3) is 88.5 Å². The average molecular weight is 613 g/mol. The van der Waals surface area contributed by atoms with Crippen LogP contribution >= 0.6 is 0 Å². The Morgan fingerprint density at radius 1 is 0.333 bits per heavy atom. The van der Waals surface area contributed by atoms with E-state index < -0.39 is 0 Å². The average Bonchev–Trinajstić information content (AvgIpc) is 3.66. The molecule has 7 aromatic carbocycles. The van der Waals surface area contributed by atoms with Gasteiger partial charge >= 0.3 is 0 Å². The summed E-state index contributed by atoms with van der Waals surface area (Å²) in [5.41, 5.74) is 11.6. The second-order valence-electron chi connectivity index (χ2n) is 12.3. The Kier molecular flexibility index (Phi) is 5.84. The lowest BCUT2D eigenvalue weighted by Crippen LogP contribution is -2.04. The van der Waals surface area contributed by atoms with E-state index in [1.54, 1.807) is 0 Å². The number of para-hydroxylation sites is 3. The van der Waals surface area contributed by atoms with E-state index >= 15 is 0 Å². The Morgan fingerprint density at radius 2 is 0.875 bits per heavy atom. The van der Waals surface area contributed by atoms with Crippen molar-refractivity contribution in [3.63, 3.8) is 0 Å². The van der Waals surface area contributed by atoms with Gasteiger partial charge in [0.15, 0.2) is 5.82 Å². The SMILES string of the molecule is c1ccc(-c2ccc3nc(-n4c5ccccc5c5cc6c(cc54)c4ccccc4n6-c4ccccc4)c(-c4ccccc4)nc3c2)cc1. The molecule has 0 fully saturated rings. The van der Waals surface area contributed by atoms with E-state index in [1.165, 1.54) is 32.6 Å². The molecule has 0 saturated carbocycles. The first-order valence-corrected chi connectivity index (χ1v) is 16.3. The van der Waals surface area contributed by atoms with Crippen molar-refractivity contribution < 1.29 is 0 Å². The van der Waals surface area contributed by atoms with Crippen LogP contribution in [0.2, 0.25) is 0 Å². The van der Waals surface area contributed by atoms with Gasteiger partial charge in [0.25, 0.3) is 0 Å². The Labute approximate surface area is 276 Å². The summed E-state index contributed by atoms with van der Waals surface area (Å²) >= 11 is 0. The Hall–Kier alpha value is -6.52. The minimum atomic E-state index is 0.818. The van der Waals surface area contributed by atoms with E-state index in [-0.39, 0.29) is 0 Å². The van der Waals surface area contributed by atoms with Crippen molar-refractivity contribution in [3.8, 4) is 33.9 Å². The van der Waals surface area contributed by atoms with Gasteiger partial charge in [-0.05, 0) is 59.7 Å². The van der Waals surface area contributed by atoms with E-state index in [9.17, 15) is 0 Å². The molecule has 0 aliphatic heterocycles. The summed E-state index contributed by atoms with van der Waals surface area (Å²) in [4.78, 5) is 10.8. The molecule has 0 atom stereocenters. The number of aromatic nitrogens is 4. The maximum atomic E-state index is 5.42. The second kappa shape index (κ2) is 10.5. The topological polar surface area (TPSA) is 35.6 Å². The number of nitrogens with zero attached hydrogens (tertiary/aromatic N) is 4. The number of hydrogen-bond donors (Lipinski definition) is 0. The zero-order valence-corrected chi connectivity index (χ0v) is 26.0. The van der Waals surface area contributed by atoms with Crippen LogP contribution in [-0.2, 0) is 0 Å². The van der Waals surface area contributed by atoms with Gasteiger partial charge in [-0.3, -0.25) is 4.57 Å². The molecule has 3 aromatic heterocycles. The third-order valence-corrected chi connectivity index (χ3v) is 9.49. The molecule has 4 nitrogen and oxygen atoms in total. The fourth-order valence-corrected chi connectivity index (χ4v) is 7.31. The van der Waals surface area contributed by atoms with E-state index in [0.29, 0.717) is 0 Å². The maximum absolute atomic E-state index is 5.42. The van der Waals surface area contributed by atoms with Crippen molar-refractivity contribution >= 4 is 54.6 Å². The first kappa shape index (κ1) is 26.7. The van der Waals surface area contributed by atoms with Crippen LogP contribution in [0.3, 0.4) is 0 Å². The molecule has 0 N–H and O–H groups in total. The summed E-state index contributed by atoms with van der Waals surface area (Å²) in [6.45, 7) is 0. The van der Waals surface area contributed by atoms with Crippen molar-refractivity contribution in [1.29, 1.82) is 0 Å². The molecule has 10 rings (SSSR count). The molecule has 0 unspecified atom stereocenters. The van der Waals surface area contributed by atoms with Crippen molar-refractivity contribution in [3.05, 3.63) is 170 Å². The van der Waals surface area contributed by atoms with Gasteiger partial charge in [0.1, 0.15) is 5.69 Å². The molecule has 0 saturated heterocycles. The number of fused-ring (bicyclic) bond motifs is 7. The third-order valence-electron chi connectivity index (χ3n) is 9.49. The Bertz CT molecular complexity index is 2810. The highest BCUT2D eigenvalue weighted by Gasteiger charge is 2.22. The first-order chi connectivity index (χ1) is 23.8. The molecule has 0 aliphatic carbocycles. The molecule has 10 aromatic rings. The Morgan fingerprint density at radius 3 is 1.54 bits per heavy atom. The zero-order valence-electron chi connectivity index (χ0n) is 26.0. The molecule has 0 amide bonds. The van der Waals surface area contributed by atoms with Gasteiger partial charge < -0.3 is 4.57 Å². The lowest BCUT2D eigenvalue weighted by molar-refractivity contribution is 1.08. The van der Waals surface area contributed by atoms with E-state index in [4.69, 9.17) is 9.97 Å². The minimum Gasteiger partial charge on any atom is -0.309 e. The number of benzene rings is 7. The molecule has 0 spiro atoms. The zero-order chi connectivity index (χ0) is 31.6. The van der Waals surface area contributed by atoms with Gasteiger partial charge in [-0.15, -0.1) is 0 Å². The van der Waals surface area contributed by atoms with Gasteiger partial charge in [-0.2, -0.15) is 0 Å². The summed E-state index contributed by atoms with van der Waals surface area (Å²) in [5.74, 6) is 0.818. The van der Waals surface area contributed by atoms with Crippen LogP contribution in [0.5, 0.6) is 0 Å². The molecular formula is C44H28N4. The van der Waals surface area contributed by atoms with Gasteiger partial charge in [-0.1, -0.05) is 121 Å². The largest absolute Gasteiger partial charge is 0.309 e. The van der Waals surface area contributed by atoms with Crippen molar-refractivity contribution in [2.75, 3.05) is 0 Å². The maximum Gasteiger partial charge on any atom is 0.165 e. The monoisotopic (exact) mass is 612 g/mol. The summed E-state index contributed by atoms with van der Waals surface area (Å²) < 4.78 is 4.70. The van der Waals surface area contributed by atoms with Gasteiger partial charge in [0.05, 0.1) is 33.1 Å². The quantitative estimate of drug-likeness (QED) is 0.198. The normalized spacial score (nSPS) is 11.8. The predicted octanol–water partition coefficient (Wildman–Crippen LogP) is 11.2. The molecule has 0 radical (unpaired) electrons. The van der Waals surface area contributed by atoms with Crippen LogP contribution in [0.4, 0.5) is 0 Å². The van der Waals surface area contributed by atoms with Crippen LogP contribution in [0, 0.1) is 0 Å². The van der Waals surface area contributed by atoms with E-state index in [0.717, 1.165) is 56.0 Å². The van der Waals surface area contributed by atoms with Gasteiger partial charge in [0, 0.05) is 32.8 Å². The third kappa shape index (κ3) is 4.03. The summed E-state index contributed by atoms with van der Waals surface area (Å²) in [6.07, 6.45) is 0. The second-order valence-corrected chi connectivity index (χ2v) is 12.3. The Balaban J connectivity index is 1.32. The molecule has 0 bridgehead atoms. The highest BCUT2D eigenvalue weighted by molar-refractivity contribution is 6.19. The van der Waals surface area contributed by atoms with Crippen LogP contribution in [-0.4, -0.2) is 19.1 Å². The van der Waals surface area contributed by atoms with Crippen molar-refractivity contribution in [2.45, 2.75) is 0 Å². The number of hydrogen-bond acceptors (Lipinski definition) is 2. The fourth-order valence-electron chi connectivity index (χ4n) is 7.31. The highest BCUT2D eigenvalue weighted by Crippen LogP contribution is 2.41. The van der Waals surface area contributed by atoms with Crippen molar-refractivity contribution in [1.82, 2.24) is 19.1 Å². The van der Waals surface area contributed by atoms with Gasteiger partial charge in [0.2, 0.25) is 0 Å². The summed E-state index contributed by atoms with van der Waals surface area (Å²) in [7, 11) is 0. The van der Waals surface area contributed by atoms with Crippen molar-refractivity contribution in [2.24, 2.45) is 0 Å². The molecule has 48 heavy (non-hydrogen) atoms. The molecule has 0 aliphatic rings. The molecule has 224 valence electrons. The summed E-state index contributed by atoms with van der Waals surface area (Å²) in [6, 6.07) is 60.0. The lowest BCUT2D eigenvalue weighted by atomic mass is 10.0. The van der Waals surface area contributed by atoms with E-state index in [1.807, 2.05) is 12.1 Å². The van der Waals surface area contributed by atoms with Crippen LogP contribution in [0.15, 0.2) is 170 Å². The lowest BCUT2D eigenvalue weighted by Gasteiger charge is -2.14. The highest BCUT2D eigenvalue weighted by atomic mass is 15.1. The van der Waals surface area contributed by atoms with Gasteiger partial charge in [-0.25, -0.2) is 9.97 Å². The standard InChI is InChI=1S/C44H28N4/c1-4-14-29(15-5-1)31-24-25-37-38(26-31)45-43(30-16-6-2-7-17-30)44(46-37)48-40-23-13-11-21-34(40)36-27-41-35(28-42(36)48)33-20-10-12-22-39(33)47(41)32-18-8-3-9-19-32/h1-28H. The smallest absolute Gasteiger partial charge is 0.165 e. The fraction of sp³-hybridized carbons (Fsp3) is 0. The van der Waals surface area contributed by atoms with Crippen LogP contribution < -0.4 is 0 Å². The number of rotatable bonds is 4. The molecular weight excluding hydrogens is 585 g/mol. The van der Waals surface area contributed by atoms with E-state index in [2.05, 4.69) is 167 Å². The molecule has 4 heteroatoms.